The minimum atomic E-state index is -0.212. The largest absolute Gasteiger partial charge is 0.377 e. The molecule has 5 heteroatoms. The van der Waals surface area contributed by atoms with Crippen molar-refractivity contribution in [1.82, 2.24) is 10.3 Å². The summed E-state index contributed by atoms with van der Waals surface area (Å²) in [6.07, 6.45) is 2.30. The lowest BCUT2D eigenvalue weighted by atomic mass is 10.2. The number of rotatable bonds is 7. The molecule has 4 nitrogen and oxygen atoms in total. The van der Waals surface area contributed by atoms with Gasteiger partial charge >= 0.3 is 0 Å². The van der Waals surface area contributed by atoms with E-state index < -0.39 is 0 Å². The van der Waals surface area contributed by atoms with Crippen molar-refractivity contribution in [1.29, 1.82) is 0 Å². The second-order valence-electron chi connectivity index (χ2n) is 4.49. The van der Waals surface area contributed by atoms with Crippen LogP contribution in [0.1, 0.15) is 22.3 Å². The molecule has 0 unspecified atom stereocenters. The monoisotopic (exact) mass is 304 g/mol. The number of hydrogen-bond acceptors (Lipinski definition) is 3. The molecule has 0 spiro atoms. The Labute approximate surface area is 129 Å². The highest BCUT2D eigenvalue weighted by molar-refractivity contribution is 6.32. The van der Waals surface area contributed by atoms with Gasteiger partial charge in [-0.1, -0.05) is 41.9 Å². The van der Waals surface area contributed by atoms with Gasteiger partial charge in [-0.2, -0.15) is 0 Å². The Morgan fingerprint density at radius 1 is 1.19 bits per heavy atom. The maximum Gasteiger partial charge on any atom is 0.254 e. The van der Waals surface area contributed by atoms with Crippen LogP contribution >= 0.6 is 11.6 Å². The van der Waals surface area contributed by atoms with Crippen molar-refractivity contribution in [2.75, 3.05) is 13.2 Å². The van der Waals surface area contributed by atoms with E-state index in [2.05, 4.69) is 10.3 Å². The van der Waals surface area contributed by atoms with E-state index in [9.17, 15) is 4.79 Å². The molecule has 1 heterocycles. The number of halogens is 1. The van der Waals surface area contributed by atoms with Gasteiger partial charge in [0.2, 0.25) is 0 Å². The second-order valence-corrected chi connectivity index (χ2v) is 4.85. The molecule has 0 atom stereocenters. The molecule has 1 amide bonds. The van der Waals surface area contributed by atoms with E-state index in [1.807, 2.05) is 30.3 Å². The molecule has 0 aliphatic carbocycles. The molecule has 0 bridgehead atoms. The molecule has 0 saturated heterocycles. The zero-order valence-corrected chi connectivity index (χ0v) is 12.3. The van der Waals surface area contributed by atoms with Gasteiger partial charge in [0.1, 0.15) is 5.15 Å². The van der Waals surface area contributed by atoms with E-state index >= 15 is 0 Å². The number of benzene rings is 1. The number of aromatic nitrogens is 1. The third kappa shape index (κ3) is 5.17. The first-order chi connectivity index (χ1) is 10.3. The first kappa shape index (κ1) is 15.5. The van der Waals surface area contributed by atoms with Crippen molar-refractivity contribution in [3.63, 3.8) is 0 Å². The summed E-state index contributed by atoms with van der Waals surface area (Å²) in [6.45, 7) is 1.72. The van der Waals surface area contributed by atoms with Crippen LogP contribution < -0.4 is 5.32 Å². The van der Waals surface area contributed by atoms with E-state index in [4.69, 9.17) is 16.3 Å². The zero-order valence-electron chi connectivity index (χ0n) is 11.6. The quantitative estimate of drug-likeness (QED) is 0.632. The number of hydrogen-bond donors (Lipinski definition) is 1. The number of carbonyl (C=O) groups is 1. The van der Waals surface area contributed by atoms with Crippen molar-refractivity contribution in [2.24, 2.45) is 0 Å². The molecule has 0 radical (unpaired) electrons. The molecule has 2 aromatic rings. The average Bonchev–Trinajstić information content (AvgIpc) is 2.52. The lowest BCUT2D eigenvalue weighted by Gasteiger charge is -2.07. The second kappa shape index (κ2) is 8.39. The van der Waals surface area contributed by atoms with Crippen molar-refractivity contribution in [2.45, 2.75) is 13.0 Å². The maximum atomic E-state index is 11.8. The smallest absolute Gasteiger partial charge is 0.254 e. The molecule has 1 aromatic heterocycles. The Morgan fingerprint density at radius 3 is 2.76 bits per heavy atom. The highest BCUT2D eigenvalue weighted by Gasteiger charge is 2.09. The van der Waals surface area contributed by atoms with E-state index in [1.54, 1.807) is 18.3 Å². The Morgan fingerprint density at radius 2 is 2.00 bits per heavy atom. The fraction of sp³-hybridized carbons (Fsp3) is 0.250. The van der Waals surface area contributed by atoms with Gasteiger partial charge in [0.15, 0.2) is 0 Å². The summed E-state index contributed by atoms with van der Waals surface area (Å²) in [5.74, 6) is -0.212. The maximum absolute atomic E-state index is 11.8. The molecule has 1 aromatic carbocycles. The summed E-state index contributed by atoms with van der Waals surface area (Å²) in [6, 6.07) is 13.3. The van der Waals surface area contributed by atoms with E-state index in [0.29, 0.717) is 25.3 Å². The van der Waals surface area contributed by atoms with Crippen LogP contribution in [-0.2, 0) is 11.3 Å². The summed E-state index contributed by atoms with van der Waals surface area (Å²) in [5, 5.41) is 3.01. The lowest BCUT2D eigenvalue weighted by molar-refractivity contribution is 0.0934. The van der Waals surface area contributed by atoms with Crippen LogP contribution in [0.15, 0.2) is 48.7 Å². The number of nitrogens with one attached hydrogen (secondary N) is 1. The Balaban J connectivity index is 1.62. The number of pyridine rings is 1. The van der Waals surface area contributed by atoms with Gasteiger partial charge in [0, 0.05) is 19.3 Å². The molecule has 0 saturated carbocycles. The minimum Gasteiger partial charge on any atom is -0.377 e. The molecular formula is C16H17ClN2O2. The third-order valence-electron chi connectivity index (χ3n) is 2.87. The van der Waals surface area contributed by atoms with Gasteiger partial charge in [-0.3, -0.25) is 4.79 Å². The Kier molecular flexibility index (Phi) is 6.19. The van der Waals surface area contributed by atoms with E-state index in [0.717, 1.165) is 12.0 Å². The standard InChI is InChI=1S/C16H17ClN2O2/c17-15-14(8-4-9-18-15)16(20)19-10-5-11-21-12-13-6-2-1-3-7-13/h1-4,6-9H,5,10-12H2,(H,19,20). The Bertz CT molecular complexity index is 575. The molecule has 0 fully saturated rings. The fourth-order valence-electron chi connectivity index (χ4n) is 1.79. The number of amides is 1. The average molecular weight is 305 g/mol. The normalized spacial score (nSPS) is 10.3. The van der Waals surface area contributed by atoms with E-state index in [-0.39, 0.29) is 11.1 Å². The van der Waals surface area contributed by atoms with E-state index in [1.165, 1.54) is 0 Å². The van der Waals surface area contributed by atoms with Crippen LogP contribution in [-0.4, -0.2) is 24.0 Å². The van der Waals surface area contributed by atoms with Gasteiger partial charge in [0.05, 0.1) is 12.2 Å². The predicted molar refractivity (Wildman–Crippen MR) is 82.3 cm³/mol. The van der Waals surface area contributed by atoms with Gasteiger partial charge in [0.25, 0.3) is 5.91 Å². The van der Waals surface area contributed by atoms with Crippen LogP contribution in [0.2, 0.25) is 5.15 Å². The first-order valence-corrected chi connectivity index (χ1v) is 7.15. The van der Waals surface area contributed by atoms with Crippen LogP contribution in [0.4, 0.5) is 0 Å². The molecule has 110 valence electrons. The number of ether oxygens (including phenoxy) is 1. The van der Waals surface area contributed by atoms with Gasteiger partial charge in [-0.25, -0.2) is 4.98 Å². The molecule has 0 aliphatic heterocycles. The van der Waals surface area contributed by atoms with Crippen LogP contribution in [0.3, 0.4) is 0 Å². The van der Waals surface area contributed by atoms with Crippen molar-refractivity contribution in [3.8, 4) is 0 Å². The summed E-state index contributed by atoms with van der Waals surface area (Å²) in [4.78, 5) is 15.7. The van der Waals surface area contributed by atoms with Gasteiger partial charge in [-0.15, -0.1) is 0 Å². The van der Waals surface area contributed by atoms with Crippen molar-refractivity contribution in [3.05, 3.63) is 64.9 Å². The number of nitrogens with zero attached hydrogens (tertiary/aromatic N) is 1. The Hall–Kier alpha value is -1.91. The third-order valence-corrected chi connectivity index (χ3v) is 3.17. The summed E-state index contributed by atoms with van der Waals surface area (Å²) in [7, 11) is 0. The van der Waals surface area contributed by atoms with Crippen LogP contribution in [0, 0.1) is 0 Å². The van der Waals surface area contributed by atoms with Crippen LogP contribution in [0.25, 0.3) is 0 Å². The summed E-state index contributed by atoms with van der Waals surface area (Å²) in [5.41, 5.74) is 1.54. The lowest BCUT2D eigenvalue weighted by Crippen LogP contribution is -2.25. The molecule has 0 aliphatic rings. The molecule has 2 rings (SSSR count). The highest BCUT2D eigenvalue weighted by Crippen LogP contribution is 2.10. The number of carbonyl (C=O) groups excluding carboxylic acids is 1. The van der Waals surface area contributed by atoms with Gasteiger partial charge in [-0.05, 0) is 24.1 Å². The topological polar surface area (TPSA) is 51.2 Å². The van der Waals surface area contributed by atoms with Crippen molar-refractivity contribution >= 4 is 17.5 Å². The molecule has 21 heavy (non-hydrogen) atoms. The summed E-state index contributed by atoms with van der Waals surface area (Å²) < 4.78 is 5.54. The van der Waals surface area contributed by atoms with Crippen LogP contribution in [0.5, 0.6) is 0 Å². The van der Waals surface area contributed by atoms with Crippen molar-refractivity contribution < 1.29 is 9.53 Å². The zero-order chi connectivity index (χ0) is 14.9. The minimum absolute atomic E-state index is 0.212. The highest BCUT2D eigenvalue weighted by atomic mass is 35.5. The first-order valence-electron chi connectivity index (χ1n) is 6.78. The summed E-state index contributed by atoms with van der Waals surface area (Å²) >= 11 is 5.85. The fourth-order valence-corrected chi connectivity index (χ4v) is 2.00. The SMILES string of the molecule is O=C(NCCCOCc1ccccc1)c1cccnc1Cl. The predicted octanol–water partition coefficient (Wildman–Crippen LogP) is 3.07. The molecular weight excluding hydrogens is 288 g/mol. The molecule has 1 N–H and O–H groups in total. The van der Waals surface area contributed by atoms with Gasteiger partial charge < -0.3 is 10.1 Å².